The zero-order chi connectivity index (χ0) is 14.7. The molecule has 3 rings (SSSR count). The molecule has 1 aromatic heterocycles. The van der Waals surface area contributed by atoms with E-state index in [1.165, 1.54) is 0 Å². The van der Waals surface area contributed by atoms with Gasteiger partial charge in [0.2, 0.25) is 5.75 Å². The van der Waals surface area contributed by atoms with Gasteiger partial charge in [0.15, 0.2) is 11.5 Å². The lowest BCUT2D eigenvalue weighted by Crippen LogP contribution is -2.17. The van der Waals surface area contributed by atoms with Crippen LogP contribution in [0.25, 0.3) is 0 Å². The number of aromatic nitrogens is 1. The first-order valence-electron chi connectivity index (χ1n) is 6.84. The summed E-state index contributed by atoms with van der Waals surface area (Å²) in [5.41, 5.74) is 2.17. The number of aryl methyl sites for hydroxylation is 1. The number of nitrogens with one attached hydrogen (secondary N) is 1. The summed E-state index contributed by atoms with van der Waals surface area (Å²) >= 11 is 1.67. The Morgan fingerprint density at radius 3 is 2.82 bits per heavy atom. The van der Waals surface area contributed by atoms with Gasteiger partial charge in [-0.25, -0.2) is 4.98 Å². The Labute approximate surface area is 140 Å². The number of rotatable bonds is 5. The van der Waals surface area contributed by atoms with Crippen molar-refractivity contribution in [2.24, 2.45) is 0 Å². The second-order valence-electron chi connectivity index (χ2n) is 4.81. The number of nitrogens with zero attached hydrogens (tertiary/aromatic N) is 1. The van der Waals surface area contributed by atoms with Gasteiger partial charge in [0.25, 0.3) is 0 Å². The standard InChI is InChI=1S/C15H18N2O3S.ClH/c1-10-9-21-14(17-10)8-16-7-11-5-12(18-2)15-13(6-11)19-3-4-20-15;/h5-6,9,16H,3-4,7-8H2,1-2H3;1H. The number of methoxy groups -OCH3 is 1. The number of fused-ring (bicyclic) bond motifs is 1. The van der Waals surface area contributed by atoms with Crippen molar-refractivity contribution < 1.29 is 14.2 Å². The number of thiazole rings is 1. The summed E-state index contributed by atoms with van der Waals surface area (Å²) in [6.45, 7) is 4.63. The molecule has 22 heavy (non-hydrogen) atoms. The SMILES string of the molecule is COc1cc(CNCc2nc(C)cs2)cc2c1OCCO2.Cl. The second kappa shape index (κ2) is 7.67. The van der Waals surface area contributed by atoms with Gasteiger partial charge in [-0.3, -0.25) is 0 Å². The number of benzene rings is 1. The highest BCUT2D eigenvalue weighted by molar-refractivity contribution is 7.09. The van der Waals surface area contributed by atoms with Crippen LogP contribution in [0, 0.1) is 6.92 Å². The van der Waals surface area contributed by atoms with E-state index in [1.807, 2.05) is 19.1 Å². The third-order valence-corrected chi connectivity index (χ3v) is 4.13. The van der Waals surface area contributed by atoms with Crippen molar-refractivity contribution >= 4 is 23.7 Å². The number of hydrogen-bond donors (Lipinski definition) is 1. The van der Waals surface area contributed by atoms with Crippen molar-refractivity contribution in [3.8, 4) is 17.2 Å². The fourth-order valence-corrected chi connectivity index (χ4v) is 2.97. The highest BCUT2D eigenvalue weighted by Crippen LogP contribution is 2.40. The smallest absolute Gasteiger partial charge is 0.203 e. The summed E-state index contributed by atoms with van der Waals surface area (Å²) < 4.78 is 16.6. The fraction of sp³-hybridized carbons (Fsp3) is 0.400. The van der Waals surface area contributed by atoms with Gasteiger partial charge < -0.3 is 19.5 Å². The van der Waals surface area contributed by atoms with Crippen LogP contribution >= 0.6 is 23.7 Å². The summed E-state index contributed by atoms with van der Waals surface area (Å²) in [6, 6.07) is 3.98. The molecule has 0 amide bonds. The maximum Gasteiger partial charge on any atom is 0.203 e. The first-order valence-corrected chi connectivity index (χ1v) is 7.72. The topological polar surface area (TPSA) is 52.6 Å². The van der Waals surface area contributed by atoms with Crippen molar-refractivity contribution in [3.63, 3.8) is 0 Å². The molecule has 0 fully saturated rings. The lowest BCUT2D eigenvalue weighted by molar-refractivity contribution is 0.165. The Kier molecular flexibility index (Phi) is 5.88. The van der Waals surface area contributed by atoms with E-state index in [1.54, 1.807) is 18.4 Å². The molecular formula is C15H19ClN2O3S. The van der Waals surface area contributed by atoms with E-state index in [2.05, 4.69) is 15.7 Å². The van der Waals surface area contributed by atoms with Gasteiger partial charge in [-0.2, -0.15) is 0 Å². The van der Waals surface area contributed by atoms with Crippen LogP contribution in [0.5, 0.6) is 17.2 Å². The minimum atomic E-state index is 0. The summed E-state index contributed by atoms with van der Waals surface area (Å²) in [6.07, 6.45) is 0. The van der Waals surface area contributed by atoms with E-state index < -0.39 is 0 Å². The Morgan fingerprint density at radius 1 is 1.27 bits per heavy atom. The highest BCUT2D eigenvalue weighted by atomic mass is 35.5. The molecule has 5 nitrogen and oxygen atoms in total. The van der Waals surface area contributed by atoms with Crippen molar-refractivity contribution in [1.29, 1.82) is 0 Å². The van der Waals surface area contributed by atoms with Crippen molar-refractivity contribution in [1.82, 2.24) is 10.3 Å². The molecule has 2 heterocycles. The van der Waals surface area contributed by atoms with Crippen molar-refractivity contribution in [2.75, 3.05) is 20.3 Å². The van der Waals surface area contributed by atoms with E-state index >= 15 is 0 Å². The molecule has 1 aliphatic heterocycles. The quantitative estimate of drug-likeness (QED) is 0.905. The molecule has 0 spiro atoms. The molecule has 1 aromatic carbocycles. The average molecular weight is 343 g/mol. The fourth-order valence-electron chi connectivity index (χ4n) is 2.23. The summed E-state index contributed by atoms with van der Waals surface area (Å²) in [5.74, 6) is 2.17. The van der Waals surface area contributed by atoms with Gasteiger partial charge in [0.1, 0.15) is 18.2 Å². The van der Waals surface area contributed by atoms with Gasteiger partial charge in [-0.1, -0.05) is 0 Å². The molecule has 0 unspecified atom stereocenters. The van der Waals surface area contributed by atoms with E-state index in [9.17, 15) is 0 Å². The number of ether oxygens (including phenoxy) is 3. The molecule has 0 saturated heterocycles. The van der Waals surface area contributed by atoms with Crippen LogP contribution in [0.2, 0.25) is 0 Å². The van der Waals surface area contributed by atoms with Gasteiger partial charge in [0, 0.05) is 24.2 Å². The Morgan fingerprint density at radius 2 is 2.09 bits per heavy atom. The first kappa shape index (κ1) is 16.9. The molecule has 0 aliphatic carbocycles. The summed E-state index contributed by atoms with van der Waals surface area (Å²) in [7, 11) is 1.64. The van der Waals surface area contributed by atoms with Crippen LogP contribution in [-0.2, 0) is 13.1 Å². The number of halogens is 1. The molecule has 1 aliphatic rings. The van der Waals surface area contributed by atoms with Crippen LogP contribution in [0.3, 0.4) is 0 Å². The number of hydrogen-bond acceptors (Lipinski definition) is 6. The second-order valence-corrected chi connectivity index (χ2v) is 5.75. The van der Waals surface area contributed by atoms with E-state index in [0.717, 1.165) is 35.1 Å². The monoisotopic (exact) mass is 342 g/mol. The maximum atomic E-state index is 5.63. The largest absolute Gasteiger partial charge is 0.493 e. The molecule has 7 heteroatoms. The maximum absolute atomic E-state index is 5.63. The molecule has 0 atom stereocenters. The van der Waals surface area contributed by atoms with E-state index in [4.69, 9.17) is 14.2 Å². The molecule has 120 valence electrons. The van der Waals surface area contributed by atoms with E-state index in [0.29, 0.717) is 24.7 Å². The predicted octanol–water partition coefficient (Wildman–Crippen LogP) is 2.94. The Hall–Kier alpha value is -1.50. The summed E-state index contributed by atoms with van der Waals surface area (Å²) in [4.78, 5) is 4.43. The molecule has 0 saturated carbocycles. The lowest BCUT2D eigenvalue weighted by Gasteiger charge is -2.21. The third kappa shape index (κ3) is 3.82. The van der Waals surface area contributed by atoms with Crippen LogP contribution < -0.4 is 19.5 Å². The summed E-state index contributed by atoms with van der Waals surface area (Å²) in [5, 5.41) is 6.54. The Balaban J connectivity index is 0.00000176. The molecular weight excluding hydrogens is 324 g/mol. The van der Waals surface area contributed by atoms with Crippen LogP contribution in [-0.4, -0.2) is 25.3 Å². The predicted molar refractivity (Wildman–Crippen MR) is 88.6 cm³/mol. The lowest BCUT2D eigenvalue weighted by atomic mass is 10.1. The average Bonchev–Trinajstić information content (AvgIpc) is 2.92. The molecule has 0 radical (unpaired) electrons. The van der Waals surface area contributed by atoms with Crippen LogP contribution in [0.15, 0.2) is 17.5 Å². The van der Waals surface area contributed by atoms with Crippen LogP contribution in [0.4, 0.5) is 0 Å². The van der Waals surface area contributed by atoms with Gasteiger partial charge in [-0.15, -0.1) is 23.7 Å². The highest BCUT2D eigenvalue weighted by Gasteiger charge is 2.18. The molecule has 1 N–H and O–H groups in total. The van der Waals surface area contributed by atoms with Gasteiger partial charge in [0.05, 0.1) is 7.11 Å². The minimum absolute atomic E-state index is 0. The molecule has 2 aromatic rings. The third-order valence-electron chi connectivity index (χ3n) is 3.16. The zero-order valence-electron chi connectivity index (χ0n) is 12.5. The normalized spacial score (nSPS) is 12.6. The molecule has 0 bridgehead atoms. The van der Waals surface area contributed by atoms with Crippen LogP contribution in [0.1, 0.15) is 16.3 Å². The van der Waals surface area contributed by atoms with E-state index in [-0.39, 0.29) is 12.4 Å². The minimum Gasteiger partial charge on any atom is -0.493 e. The zero-order valence-corrected chi connectivity index (χ0v) is 14.2. The van der Waals surface area contributed by atoms with Gasteiger partial charge in [-0.05, 0) is 24.6 Å². The van der Waals surface area contributed by atoms with Gasteiger partial charge >= 0.3 is 0 Å². The first-order chi connectivity index (χ1) is 10.3. The van der Waals surface area contributed by atoms with Crippen molar-refractivity contribution in [2.45, 2.75) is 20.0 Å². The van der Waals surface area contributed by atoms with Crippen molar-refractivity contribution in [3.05, 3.63) is 33.8 Å². The Bertz CT molecular complexity index is 616.